The molecule has 1 fully saturated rings. The Kier molecular flexibility index (Phi) is 29.5. The van der Waals surface area contributed by atoms with Crippen LogP contribution in [-0.4, -0.2) is 54.5 Å². The molecule has 125 heavy (non-hydrogen) atoms. The van der Waals surface area contributed by atoms with Crippen LogP contribution in [0.1, 0.15) is 253 Å². The lowest BCUT2D eigenvalue weighted by atomic mass is 10.0. The molecule has 0 N–H and O–H groups in total. The predicted molar refractivity (Wildman–Crippen MR) is 469 cm³/mol. The van der Waals surface area contributed by atoms with Gasteiger partial charge in [0, 0.05) is 88.6 Å². The summed E-state index contributed by atoms with van der Waals surface area (Å²) in [6.45, 7) is 44.2. The van der Waals surface area contributed by atoms with Gasteiger partial charge in [-0.25, -0.2) is 39.5 Å². The van der Waals surface area contributed by atoms with Crippen LogP contribution in [0.25, 0.3) is 51.2 Å². The standard InChI is InChI=1S/C16H19FO.C16H21FO.C14H15F4NO.C14H14F4O.2C14H16F2O.C13H16FNO/c1-16(2,3)18-14-7-6-11-8-12(10-4-5-10)9-13(11)15(14)17;1-5-6-11-9-12-7-8-14(18-16(2,3)4)15(17)13(12)10-11;1-13(2,3)20-10-6-5-9-8(12(10)15)7-11(19(9)4)14(16,17)18;1-13(2,3)19-11-5-4-8-6-9(14(16,17)18)7-10(8)12(11)15;1-8-5-6-9-10(15)7-11(13(16)12(8)9)17-14(2,3)4;1-8-5-6-9-7-10(15)13(12(16)11(8)9)17-14(2,3)4;1-13(2,3)16-12-7-9-5-6-15(4)11(9)8-10(12)14/h6-7,9-10H,4-5,8H2,1-3H3;7-8,10H,5-6,9H2,1-4H3;5-7H,1-4H3;4-5,7H,6H2,1-3H3;2*5,7H,6H2,1-4H3;5-8H,1-4H3. The van der Waals surface area contributed by atoms with Crippen LogP contribution in [0.3, 0.4) is 0 Å². The number of aromatic nitrogens is 2. The number of allylic oxidation sites excluding steroid dienone is 7. The first-order valence-corrected chi connectivity index (χ1v) is 41.8. The highest BCUT2D eigenvalue weighted by atomic mass is 19.4. The number of nitrogens with zero attached hydrogens (tertiary/aromatic N) is 2. The second-order valence-corrected chi connectivity index (χ2v) is 39.0. The van der Waals surface area contributed by atoms with Gasteiger partial charge in [0.1, 0.15) is 50.7 Å². The Labute approximate surface area is 725 Å². The zero-order valence-electron chi connectivity index (χ0n) is 76.4. The lowest BCUT2D eigenvalue weighted by Crippen LogP contribution is -2.24. The number of alkyl halides is 6. The van der Waals surface area contributed by atoms with E-state index in [1.807, 2.05) is 130 Å². The van der Waals surface area contributed by atoms with Crippen LogP contribution >= 0.6 is 0 Å². The van der Waals surface area contributed by atoms with E-state index in [1.165, 1.54) is 67.4 Å². The molecule has 9 aromatic rings. The highest BCUT2D eigenvalue weighted by Crippen LogP contribution is 2.47. The van der Waals surface area contributed by atoms with Crippen molar-refractivity contribution in [2.45, 2.75) is 276 Å². The van der Waals surface area contributed by atoms with Gasteiger partial charge in [-0.1, -0.05) is 67.0 Å². The fourth-order valence-electron chi connectivity index (χ4n) is 14.5. The molecule has 678 valence electrons. The molecule has 0 aliphatic heterocycles. The number of benzene rings is 7. The summed E-state index contributed by atoms with van der Waals surface area (Å²) < 4.78 is 244. The number of halogens is 15. The zero-order chi connectivity index (χ0) is 93.5. The third-order valence-corrected chi connectivity index (χ3v) is 19.8. The van der Waals surface area contributed by atoms with Gasteiger partial charge in [-0.15, -0.1) is 0 Å². The Balaban J connectivity index is 0.000000165. The topological polar surface area (TPSA) is 74.5 Å². The van der Waals surface area contributed by atoms with Crippen LogP contribution < -0.4 is 33.2 Å². The van der Waals surface area contributed by atoms with E-state index in [2.05, 4.69) is 6.92 Å². The fraction of sp³-hybridized carbons (Fsp3) is 0.446. The minimum Gasteiger partial charge on any atom is -0.485 e. The lowest BCUT2D eigenvalue weighted by Gasteiger charge is -2.23. The minimum atomic E-state index is -4.52. The maximum atomic E-state index is 14.4. The highest BCUT2D eigenvalue weighted by molar-refractivity contribution is 5.84. The lowest BCUT2D eigenvalue weighted by molar-refractivity contribution is -0.142. The molecule has 0 radical (unpaired) electrons. The molecule has 9 nitrogen and oxygen atoms in total. The van der Waals surface area contributed by atoms with Gasteiger partial charge < -0.3 is 42.3 Å². The van der Waals surface area contributed by atoms with Crippen molar-refractivity contribution in [3.8, 4) is 40.2 Å². The quantitative estimate of drug-likeness (QED) is 0.126. The summed E-state index contributed by atoms with van der Waals surface area (Å²) in [4.78, 5) is 0. The molecule has 0 unspecified atom stereocenters. The average Bonchev–Trinajstić information content (AvgIpc) is 1.67. The van der Waals surface area contributed by atoms with E-state index in [-0.39, 0.29) is 80.1 Å². The summed E-state index contributed by atoms with van der Waals surface area (Å²) in [5.74, 6) is -2.90. The Morgan fingerprint density at radius 1 is 0.384 bits per heavy atom. The summed E-state index contributed by atoms with van der Waals surface area (Å²) in [7, 11) is 3.15. The van der Waals surface area contributed by atoms with Gasteiger partial charge in [-0.05, 0) is 304 Å². The van der Waals surface area contributed by atoms with E-state index in [1.54, 1.807) is 108 Å². The molecular formula is C101H117F15N2O7. The van der Waals surface area contributed by atoms with Crippen LogP contribution in [0.5, 0.6) is 40.2 Å². The first-order valence-electron chi connectivity index (χ1n) is 41.8. The molecule has 0 bridgehead atoms. The van der Waals surface area contributed by atoms with E-state index in [9.17, 15) is 65.9 Å². The second kappa shape index (κ2) is 37.4. The maximum Gasteiger partial charge on any atom is 0.431 e. The molecule has 7 aromatic carbocycles. The van der Waals surface area contributed by atoms with E-state index in [4.69, 9.17) is 33.2 Å². The van der Waals surface area contributed by atoms with Crippen LogP contribution in [0.15, 0.2) is 120 Å². The Morgan fingerprint density at radius 2 is 0.832 bits per heavy atom. The number of rotatable bonds is 10. The van der Waals surface area contributed by atoms with Gasteiger partial charge in [-0.2, -0.15) is 26.3 Å². The van der Waals surface area contributed by atoms with Crippen molar-refractivity contribution in [2.75, 3.05) is 0 Å². The minimum absolute atomic E-state index is 0.0107. The van der Waals surface area contributed by atoms with Crippen LogP contribution in [0.2, 0.25) is 0 Å². The summed E-state index contributed by atoms with van der Waals surface area (Å²) in [6, 6.07) is 21.7. The fourth-order valence-corrected chi connectivity index (χ4v) is 14.5. The molecule has 2 heterocycles. The molecule has 6 aliphatic carbocycles. The molecule has 0 atom stereocenters. The molecule has 0 spiro atoms. The van der Waals surface area contributed by atoms with Crippen molar-refractivity contribution in [3.05, 3.63) is 234 Å². The van der Waals surface area contributed by atoms with E-state index in [0.29, 0.717) is 63.8 Å². The Bertz CT molecular complexity index is 5640. The van der Waals surface area contributed by atoms with Crippen LogP contribution in [-0.2, 0) is 52.4 Å². The number of ether oxygens (including phenoxy) is 7. The van der Waals surface area contributed by atoms with E-state index >= 15 is 0 Å². The van der Waals surface area contributed by atoms with Crippen molar-refractivity contribution in [1.82, 2.24) is 9.13 Å². The first-order chi connectivity index (χ1) is 57.4. The molecule has 0 saturated heterocycles. The summed E-state index contributed by atoms with van der Waals surface area (Å²) in [5, 5.41) is 0.893. The van der Waals surface area contributed by atoms with Crippen LogP contribution in [0, 0.1) is 58.3 Å². The normalized spacial score (nSPS) is 14.6. The third kappa shape index (κ3) is 26.1. The number of aryl methyl sites for hydroxylation is 2. The van der Waals surface area contributed by atoms with Gasteiger partial charge >= 0.3 is 12.4 Å². The Hall–Kier alpha value is -10.1. The summed E-state index contributed by atoms with van der Waals surface area (Å²) >= 11 is 0. The van der Waals surface area contributed by atoms with Crippen molar-refractivity contribution in [1.29, 1.82) is 0 Å². The second-order valence-electron chi connectivity index (χ2n) is 39.0. The van der Waals surface area contributed by atoms with Crippen molar-refractivity contribution in [3.63, 3.8) is 0 Å². The molecule has 2 aromatic heterocycles. The summed E-state index contributed by atoms with van der Waals surface area (Å²) in [6.07, 6.45) is 8.84. The summed E-state index contributed by atoms with van der Waals surface area (Å²) in [5.41, 5.74) is 6.21. The van der Waals surface area contributed by atoms with Crippen LogP contribution in [0.4, 0.5) is 65.9 Å². The first kappa shape index (κ1) is 98.7. The maximum absolute atomic E-state index is 14.4. The molecular weight excluding hydrogens is 1640 g/mol. The molecule has 24 heteroatoms. The number of fused-ring (bicyclic) bond motifs is 7. The Morgan fingerprint density at radius 3 is 1.32 bits per heavy atom. The van der Waals surface area contributed by atoms with E-state index in [0.717, 1.165) is 92.8 Å². The van der Waals surface area contributed by atoms with Gasteiger partial charge in [0.15, 0.2) is 86.8 Å². The van der Waals surface area contributed by atoms with Gasteiger partial charge in [-0.3, -0.25) is 0 Å². The highest BCUT2D eigenvalue weighted by Gasteiger charge is 2.40. The molecule has 15 rings (SSSR count). The zero-order valence-corrected chi connectivity index (χ0v) is 76.4. The largest absolute Gasteiger partial charge is 0.485 e. The number of hydrogen-bond donors (Lipinski definition) is 0. The van der Waals surface area contributed by atoms with Gasteiger partial charge in [0.2, 0.25) is 0 Å². The molecule has 1 saturated carbocycles. The molecule has 6 aliphatic rings. The monoisotopic (exact) mass is 1750 g/mol. The molecule has 0 amide bonds. The van der Waals surface area contributed by atoms with Crippen molar-refractivity contribution >= 4 is 51.2 Å². The van der Waals surface area contributed by atoms with Gasteiger partial charge in [0.25, 0.3) is 0 Å². The third-order valence-electron chi connectivity index (χ3n) is 19.8. The van der Waals surface area contributed by atoms with Crippen molar-refractivity contribution in [2.24, 2.45) is 20.0 Å². The predicted octanol–water partition coefficient (Wildman–Crippen LogP) is 29.8. The van der Waals surface area contributed by atoms with Gasteiger partial charge in [0.05, 0.1) is 11.0 Å². The SMILES string of the molecule is CC(C)(C)Oc1ccc2c(c1F)C=C(C(F)(F)F)C2.CC(C)(C)Oc1ccc2c(c1F)C=C(C1CC1)C2.CC1=CCc2c(F)cc(OC(C)(C)C)c(F)c21.CC1=CCc2cc(F)c(OC(C)(C)C)c(F)c21.CCCC1=Cc2c(ccc(OC(C)(C)C)c2F)C1.Cn1c(C(F)(F)F)cc2c(F)c(OC(C)(C)C)ccc21.Cn1ccc2cc(OC(C)(C)C)c(F)cc21. The number of hydrogen-bond acceptors (Lipinski definition) is 7. The van der Waals surface area contributed by atoms with E-state index < -0.39 is 80.9 Å². The van der Waals surface area contributed by atoms with Crippen molar-refractivity contribution < 1.29 is 99.0 Å². The average molecular weight is 1760 g/mol. The smallest absolute Gasteiger partial charge is 0.431 e.